The van der Waals surface area contributed by atoms with Crippen molar-refractivity contribution in [1.29, 1.82) is 0 Å². The van der Waals surface area contributed by atoms with Crippen LogP contribution in [0.15, 0.2) is 71.3 Å². The van der Waals surface area contributed by atoms with Crippen LogP contribution in [-0.4, -0.2) is 36.2 Å². The largest absolute Gasteiger partial charge is 0.356 e. The maximum atomic E-state index is 13.3. The minimum Gasteiger partial charge on any atom is -0.356 e. The second-order valence-electron chi connectivity index (χ2n) is 9.03. The molecule has 4 rings (SSSR count). The summed E-state index contributed by atoms with van der Waals surface area (Å²) < 4.78 is 13.3. The molecule has 0 atom stereocenters. The molecule has 0 N–H and O–H groups in total. The molecule has 0 aromatic heterocycles. The van der Waals surface area contributed by atoms with Crippen molar-refractivity contribution < 1.29 is 4.39 Å². The highest BCUT2D eigenvalue weighted by Gasteiger charge is 2.26. The summed E-state index contributed by atoms with van der Waals surface area (Å²) >= 11 is 0. The van der Waals surface area contributed by atoms with Gasteiger partial charge in [0.2, 0.25) is 0 Å². The highest BCUT2D eigenvalue weighted by Crippen LogP contribution is 2.31. The predicted molar refractivity (Wildman–Crippen MR) is 132 cm³/mol. The van der Waals surface area contributed by atoms with Crippen molar-refractivity contribution in [2.24, 2.45) is 0 Å². The van der Waals surface area contributed by atoms with Gasteiger partial charge in [-0.15, -0.1) is 0 Å². The van der Waals surface area contributed by atoms with E-state index in [2.05, 4.69) is 78.5 Å². The van der Waals surface area contributed by atoms with E-state index in [4.69, 9.17) is 0 Å². The molecule has 0 spiro atoms. The van der Waals surface area contributed by atoms with E-state index >= 15 is 0 Å². The fraction of sp³-hybridized carbons (Fsp3) is 0.407. The fourth-order valence-electron chi connectivity index (χ4n) is 4.59. The van der Waals surface area contributed by atoms with Gasteiger partial charge in [-0.1, -0.05) is 17.7 Å². The molecule has 2 aromatic rings. The second kappa shape index (κ2) is 9.27. The average Bonchev–Trinajstić information content (AvgIpc) is 3.23. The van der Waals surface area contributed by atoms with Crippen molar-refractivity contribution in [3.05, 3.63) is 82.7 Å². The molecule has 170 valence electrons. The topological polar surface area (TPSA) is 13.0 Å². The molecule has 0 saturated carbocycles. The minimum atomic E-state index is -0.189. The standard InChI is InChI=1S/C27H35FN4/c1-20-8-12-26(13-9-20)31-18-29(21(2)23(31)4)16-6-7-17-30-19-32(24(5)22(30)3)27-14-10-25(28)11-15-27/h8-15H,6-7,16-19H2,1-5H3. The lowest BCUT2D eigenvalue weighted by molar-refractivity contribution is 0.329. The van der Waals surface area contributed by atoms with E-state index in [0.717, 1.165) is 45.0 Å². The molecule has 0 aliphatic carbocycles. The monoisotopic (exact) mass is 434 g/mol. The minimum absolute atomic E-state index is 0.189. The maximum absolute atomic E-state index is 13.3. The second-order valence-corrected chi connectivity index (χ2v) is 9.03. The first kappa shape index (κ1) is 22.3. The molecule has 0 bridgehead atoms. The zero-order chi connectivity index (χ0) is 22.8. The Morgan fingerprint density at radius 2 is 1.00 bits per heavy atom. The van der Waals surface area contributed by atoms with Crippen LogP contribution in [0.3, 0.4) is 0 Å². The van der Waals surface area contributed by atoms with Crippen LogP contribution in [-0.2, 0) is 0 Å². The Morgan fingerprint density at radius 1 is 0.594 bits per heavy atom. The number of hydrogen-bond acceptors (Lipinski definition) is 4. The zero-order valence-corrected chi connectivity index (χ0v) is 20.0. The number of anilines is 2. The first-order chi connectivity index (χ1) is 15.3. The van der Waals surface area contributed by atoms with Gasteiger partial charge in [-0.3, -0.25) is 0 Å². The maximum Gasteiger partial charge on any atom is 0.123 e. The SMILES string of the molecule is CC1=C(C)N(c2ccc(C)cc2)CN1CCCCN1CN(c2ccc(F)cc2)C(C)=C1C. The van der Waals surface area contributed by atoms with Crippen LogP contribution in [0, 0.1) is 12.7 Å². The van der Waals surface area contributed by atoms with Gasteiger partial charge in [0.15, 0.2) is 0 Å². The number of unbranched alkanes of at least 4 members (excludes halogenated alkanes) is 1. The number of aryl methyl sites for hydroxylation is 1. The zero-order valence-electron chi connectivity index (χ0n) is 20.0. The molecular weight excluding hydrogens is 399 g/mol. The van der Waals surface area contributed by atoms with Gasteiger partial charge >= 0.3 is 0 Å². The van der Waals surface area contributed by atoms with Gasteiger partial charge in [0.25, 0.3) is 0 Å². The summed E-state index contributed by atoms with van der Waals surface area (Å²) in [5, 5.41) is 0. The van der Waals surface area contributed by atoms with Gasteiger partial charge in [-0.2, -0.15) is 0 Å². The highest BCUT2D eigenvalue weighted by atomic mass is 19.1. The van der Waals surface area contributed by atoms with Crippen molar-refractivity contribution in [3.8, 4) is 0 Å². The summed E-state index contributed by atoms with van der Waals surface area (Å²) in [5.41, 5.74) is 8.90. The Kier molecular flexibility index (Phi) is 6.45. The molecule has 5 heteroatoms. The summed E-state index contributed by atoms with van der Waals surface area (Å²) in [5.74, 6) is -0.189. The number of hydrogen-bond donors (Lipinski definition) is 0. The van der Waals surface area contributed by atoms with E-state index in [9.17, 15) is 4.39 Å². The Hall–Kier alpha value is -2.95. The third-order valence-electron chi connectivity index (χ3n) is 7.02. The summed E-state index contributed by atoms with van der Waals surface area (Å²) in [6.45, 7) is 14.8. The van der Waals surface area contributed by atoms with E-state index in [1.807, 2.05) is 12.1 Å². The average molecular weight is 435 g/mol. The summed E-state index contributed by atoms with van der Waals surface area (Å²) in [6.07, 6.45) is 2.31. The Balaban J connectivity index is 1.28. The van der Waals surface area contributed by atoms with Crippen LogP contribution in [0.25, 0.3) is 0 Å². The Morgan fingerprint density at radius 3 is 1.44 bits per heavy atom. The quantitative estimate of drug-likeness (QED) is 0.476. The molecule has 2 heterocycles. The lowest BCUT2D eigenvalue weighted by Gasteiger charge is -2.25. The molecule has 2 aliphatic heterocycles. The van der Waals surface area contributed by atoms with Gasteiger partial charge in [0, 0.05) is 47.3 Å². The number of benzene rings is 2. The third kappa shape index (κ3) is 4.47. The van der Waals surface area contributed by atoms with Gasteiger partial charge in [-0.05, 0) is 83.9 Å². The number of halogens is 1. The Bertz CT molecular complexity index is 923. The third-order valence-corrected chi connectivity index (χ3v) is 7.02. The van der Waals surface area contributed by atoms with Gasteiger partial charge in [0.05, 0.1) is 13.3 Å². The first-order valence-electron chi connectivity index (χ1n) is 11.6. The van der Waals surface area contributed by atoms with Crippen LogP contribution in [0.2, 0.25) is 0 Å². The van der Waals surface area contributed by atoms with Crippen molar-refractivity contribution in [3.63, 3.8) is 0 Å². The van der Waals surface area contributed by atoms with E-state index < -0.39 is 0 Å². The Labute approximate surface area is 192 Å². The van der Waals surface area contributed by atoms with E-state index in [0.29, 0.717) is 0 Å². The van der Waals surface area contributed by atoms with Crippen molar-refractivity contribution >= 4 is 11.4 Å². The molecule has 0 amide bonds. The van der Waals surface area contributed by atoms with Crippen LogP contribution < -0.4 is 9.80 Å². The van der Waals surface area contributed by atoms with E-state index in [1.54, 1.807) is 0 Å². The molecule has 4 nitrogen and oxygen atoms in total. The normalized spacial score (nSPS) is 16.8. The van der Waals surface area contributed by atoms with Crippen molar-refractivity contribution in [2.75, 3.05) is 36.2 Å². The smallest absolute Gasteiger partial charge is 0.123 e. The molecule has 0 saturated heterocycles. The number of rotatable bonds is 7. The first-order valence-corrected chi connectivity index (χ1v) is 11.6. The number of nitrogens with zero attached hydrogens (tertiary/aromatic N) is 4. The molecule has 0 fully saturated rings. The lowest BCUT2D eigenvalue weighted by Crippen LogP contribution is -2.30. The summed E-state index contributed by atoms with van der Waals surface area (Å²) in [6, 6.07) is 15.6. The molecule has 0 radical (unpaired) electrons. The van der Waals surface area contributed by atoms with Crippen molar-refractivity contribution in [1.82, 2.24) is 9.80 Å². The molecule has 32 heavy (non-hydrogen) atoms. The van der Waals surface area contributed by atoms with Crippen LogP contribution in [0.4, 0.5) is 15.8 Å². The van der Waals surface area contributed by atoms with Gasteiger partial charge in [0.1, 0.15) is 5.82 Å². The van der Waals surface area contributed by atoms with E-state index in [1.165, 1.54) is 46.2 Å². The van der Waals surface area contributed by atoms with E-state index in [-0.39, 0.29) is 5.82 Å². The molecule has 0 unspecified atom stereocenters. The van der Waals surface area contributed by atoms with Crippen LogP contribution in [0.1, 0.15) is 46.1 Å². The van der Waals surface area contributed by atoms with Crippen LogP contribution in [0.5, 0.6) is 0 Å². The molecule has 2 aliphatic rings. The highest BCUT2D eigenvalue weighted by molar-refractivity contribution is 5.55. The summed E-state index contributed by atoms with van der Waals surface area (Å²) in [4.78, 5) is 9.62. The lowest BCUT2D eigenvalue weighted by atomic mass is 10.2. The molecule has 2 aromatic carbocycles. The van der Waals surface area contributed by atoms with Gasteiger partial charge in [-0.25, -0.2) is 4.39 Å². The van der Waals surface area contributed by atoms with Crippen LogP contribution >= 0.6 is 0 Å². The van der Waals surface area contributed by atoms with Crippen molar-refractivity contribution in [2.45, 2.75) is 47.5 Å². The number of allylic oxidation sites excluding steroid dienone is 4. The fourth-order valence-corrected chi connectivity index (χ4v) is 4.59. The molecular formula is C27H35FN4. The predicted octanol–water partition coefficient (Wildman–Crippen LogP) is 6.28. The van der Waals surface area contributed by atoms with Gasteiger partial charge < -0.3 is 19.6 Å². The summed E-state index contributed by atoms with van der Waals surface area (Å²) in [7, 11) is 0.